The summed E-state index contributed by atoms with van der Waals surface area (Å²) >= 11 is 0. The van der Waals surface area contributed by atoms with Gasteiger partial charge in [-0.15, -0.1) is 0 Å². The van der Waals surface area contributed by atoms with Gasteiger partial charge in [-0.25, -0.2) is 4.79 Å². The van der Waals surface area contributed by atoms with Gasteiger partial charge in [-0.05, 0) is 18.2 Å². The van der Waals surface area contributed by atoms with E-state index in [1.807, 2.05) is 0 Å². The number of nitrogens with two attached hydrogens (primary N) is 1. The van der Waals surface area contributed by atoms with Crippen LogP contribution in [0.5, 0.6) is 5.75 Å². The third kappa shape index (κ3) is 2.96. The van der Waals surface area contributed by atoms with Gasteiger partial charge in [0.25, 0.3) is 0 Å². The third-order valence-electron chi connectivity index (χ3n) is 1.88. The summed E-state index contributed by atoms with van der Waals surface area (Å²) < 4.78 is 0. The summed E-state index contributed by atoms with van der Waals surface area (Å²) in [4.78, 5) is 21.9. The van der Waals surface area contributed by atoms with Gasteiger partial charge in [-0.2, -0.15) is 0 Å². The molecule has 0 aliphatic rings. The number of anilines is 1. The Labute approximate surface area is 91.7 Å². The molecule has 6 nitrogen and oxygen atoms in total. The first-order chi connectivity index (χ1) is 7.54. The standard InChI is InChI=1S/C10H12N2O4/c11-4-3-9(14)12-6-1-2-8(13)7(5-6)10(15)16/h1-2,5,13H,3-4,11H2,(H,12,14)(H,15,16). The van der Waals surface area contributed by atoms with Crippen LogP contribution in [0.25, 0.3) is 0 Å². The number of amides is 1. The topological polar surface area (TPSA) is 113 Å². The highest BCUT2D eigenvalue weighted by atomic mass is 16.4. The minimum atomic E-state index is -1.26. The Hall–Kier alpha value is -2.08. The van der Waals surface area contributed by atoms with Crippen molar-refractivity contribution < 1.29 is 19.8 Å². The molecule has 0 bridgehead atoms. The molecule has 0 fully saturated rings. The zero-order chi connectivity index (χ0) is 12.1. The minimum Gasteiger partial charge on any atom is -0.507 e. The van der Waals surface area contributed by atoms with Crippen molar-refractivity contribution >= 4 is 17.6 Å². The molecule has 0 spiro atoms. The minimum absolute atomic E-state index is 0.156. The van der Waals surface area contributed by atoms with E-state index in [0.29, 0.717) is 5.69 Å². The molecule has 0 aliphatic heterocycles. The van der Waals surface area contributed by atoms with E-state index in [2.05, 4.69) is 5.32 Å². The predicted octanol–water partition coefficient (Wildman–Crippen LogP) is 0.378. The summed E-state index contributed by atoms with van der Waals surface area (Å²) in [5.41, 5.74) is 5.25. The Morgan fingerprint density at radius 2 is 2.06 bits per heavy atom. The van der Waals surface area contributed by atoms with E-state index in [9.17, 15) is 14.7 Å². The van der Waals surface area contributed by atoms with Crippen LogP contribution in [0.3, 0.4) is 0 Å². The molecule has 16 heavy (non-hydrogen) atoms. The number of hydrogen-bond acceptors (Lipinski definition) is 4. The average molecular weight is 224 g/mol. The molecular weight excluding hydrogens is 212 g/mol. The molecule has 0 unspecified atom stereocenters. The summed E-state index contributed by atoms with van der Waals surface area (Å²) in [6, 6.07) is 3.81. The van der Waals surface area contributed by atoms with Crippen LogP contribution >= 0.6 is 0 Å². The molecule has 0 aliphatic carbocycles. The normalized spacial score (nSPS) is 9.81. The number of aromatic carboxylic acids is 1. The van der Waals surface area contributed by atoms with Gasteiger partial charge < -0.3 is 21.3 Å². The molecule has 6 heteroatoms. The lowest BCUT2D eigenvalue weighted by atomic mass is 10.1. The Kier molecular flexibility index (Phi) is 3.84. The van der Waals surface area contributed by atoms with Gasteiger partial charge in [0.2, 0.25) is 5.91 Å². The molecule has 5 N–H and O–H groups in total. The highest BCUT2D eigenvalue weighted by Gasteiger charge is 2.11. The van der Waals surface area contributed by atoms with Crippen LogP contribution in [-0.4, -0.2) is 28.6 Å². The number of carboxylic acid groups (broad SMARTS) is 1. The van der Waals surface area contributed by atoms with E-state index >= 15 is 0 Å². The summed E-state index contributed by atoms with van der Waals surface area (Å²) in [5.74, 6) is -1.90. The number of phenols is 1. The molecule has 1 rings (SSSR count). The van der Waals surface area contributed by atoms with Gasteiger partial charge in [0.05, 0.1) is 0 Å². The molecule has 86 valence electrons. The monoisotopic (exact) mass is 224 g/mol. The van der Waals surface area contributed by atoms with Crippen molar-refractivity contribution in [3.63, 3.8) is 0 Å². The Morgan fingerprint density at radius 1 is 1.38 bits per heavy atom. The number of rotatable bonds is 4. The van der Waals surface area contributed by atoms with E-state index < -0.39 is 5.97 Å². The molecule has 1 aromatic carbocycles. The number of carboxylic acids is 1. The number of nitrogens with one attached hydrogen (secondary N) is 1. The molecule has 0 aromatic heterocycles. The van der Waals surface area contributed by atoms with Crippen molar-refractivity contribution in [2.75, 3.05) is 11.9 Å². The van der Waals surface area contributed by atoms with Gasteiger partial charge in [0.1, 0.15) is 11.3 Å². The molecule has 1 aromatic rings. The molecule has 0 radical (unpaired) electrons. The van der Waals surface area contributed by atoms with E-state index in [4.69, 9.17) is 10.8 Å². The summed E-state index contributed by atoms with van der Waals surface area (Å²) in [6.45, 7) is 0.218. The smallest absolute Gasteiger partial charge is 0.339 e. The van der Waals surface area contributed by atoms with Crippen molar-refractivity contribution in [3.8, 4) is 5.75 Å². The lowest BCUT2D eigenvalue weighted by Crippen LogP contribution is -2.16. The lowest BCUT2D eigenvalue weighted by molar-refractivity contribution is -0.116. The maximum atomic E-state index is 11.2. The van der Waals surface area contributed by atoms with Crippen LogP contribution in [0.4, 0.5) is 5.69 Å². The molecular formula is C10H12N2O4. The van der Waals surface area contributed by atoms with Crippen molar-refractivity contribution in [2.45, 2.75) is 6.42 Å². The van der Waals surface area contributed by atoms with Gasteiger partial charge in [0, 0.05) is 18.7 Å². The maximum Gasteiger partial charge on any atom is 0.339 e. The highest BCUT2D eigenvalue weighted by Crippen LogP contribution is 2.21. The third-order valence-corrected chi connectivity index (χ3v) is 1.88. The van der Waals surface area contributed by atoms with Gasteiger partial charge in [0.15, 0.2) is 0 Å². The van der Waals surface area contributed by atoms with Crippen molar-refractivity contribution in [1.82, 2.24) is 0 Å². The highest BCUT2D eigenvalue weighted by molar-refractivity contribution is 5.95. The molecule has 0 heterocycles. The number of benzene rings is 1. The van der Waals surface area contributed by atoms with Crippen LogP contribution in [0.15, 0.2) is 18.2 Å². The predicted molar refractivity (Wildman–Crippen MR) is 57.4 cm³/mol. The molecule has 0 saturated carbocycles. The van der Waals surface area contributed by atoms with Crippen LogP contribution in [0.1, 0.15) is 16.8 Å². The summed E-state index contributed by atoms with van der Waals surface area (Å²) in [7, 11) is 0. The Balaban J connectivity index is 2.87. The fourth-order valence-corrected chi connectivity index (χ4v) is 1.14. The van der Waals surface area contributed by atoms with Crippen molar-refractivity contribution in [3.05, 3.63) is 23.8 Å². The SMILES string of the molecule is NCCC(=O)Nc1ccc(O)c(C(=O)O)c1. The Morgan fingerprint density at radius 3 is 2.62 bits per heavy atom. The maximum absolute atomic E-state index is 11.2. The molecule has 1 amide bonds. The van der Waals surface area contributed by atoms with Crippen LogP contribution in [-0.2, 0) is 4.79 Å². The second-order valence-electron chi connectivity index (χ2n) is 3.12. The van der Waals surface area contributed by atoms with Gasteiger partial charge >= 0.3 is 5.97 Å². The Bertz CT molecular complexity index is 417. The van der Waals surface area contributed by atoms with Crippen LogP contribution in [0, 0.1) is 0 Å². The lowest BCUT2D eigenvalue weighted by Gasteiger charge is -2.06. The number of carbonyl (C=O) groups is 2. The first kappa shape index (κ1) is 12.0. The van der Waals surface area contributed by atoms with Crippen LogP contribution < -0.4 is 11.1 Å². The van der Waals surface area contributed by atoms with E-state index in [-0.39, 0.29) is 30.2 Å². The van der Waals surface area contributed by atoms with Crippen molar-refractivity contribution in [1.29, 1.82) is 0 Å². The quantitative estimate of drug-likeness (QED) is 0.552. The zero-order valence-corrected chi connectivity index (χ0v) is 8.43. The van der Waals surface area contributed by atoms with E-state index in [1.54, 1.807) is 0 Å². The second-order valence-corrected chi connectivity index (χ2v) is 3.12. The number of aromatic hydroxyl groups is 1. The largest absolute Gasteiger partial charge is 0.507 e. The number of carbonyl (C=O) groups excluding carboxylic acids is 1. The van der Waals surface area contributed by atoms with Gasteiger partial charge in [-0.3, -0.25) is 4.79 Å². The fourth-order valence-electron chi connectivity index (χ4n) is 1.14. The van der Waals surface area contributed by atoms with E-state index in [0.717, 1.165) is 0 Å². The summed E-state index contributed by atoms with van der Waals surface area (Å²) in [5, 5.41) is 20.4. The van der Waals surface area contributed by atoms with Gasteiger partial charge in [-0.1, -0.05) is 0 Å². The second kappa shape index (κ2) is 5.13. The first-order valence-electron chi connectivity index (χ1n) is 4.61. The van der Waals surface area contributed by atoms with Crippen molar-refractivity contribution in [2.24, 2.45) is 5.73 Å². The fraction of sp³-hybridized carbons (Fsp3) is 0.200. The average Bonchev–Trinajstić information content (AvgIpc) is 2.21. The zero-order valence-electron chi connectivity index (χ0n) is 8.43. The number of hydrogen-bond donors (Lipinski definition) is 4. The summed E-state index contributed by atoms with van der Waals surface area (Å²) in [6.07, 6.45) is 0.156. The van der Waals surface area contributed by atoms with E-state index in [1.165, 1.54) is 18.2 Å². The first-order valence-corrected chi connectivity index (χ1v) is 4.61. The molecule has 0 saturated heterocycles. The van der Waals surface area contributed by atoms with Crippen LogP contribution in [0.2, 0.25) is 0 Å². The molecule has 0 atom stereocenters.